The van der Waals surface area contributed by atoms with E-state index in [4.69, 9.17) is 0 Å². The third kappa shape index (κ3) is 3.82. The molecule has 0 aromatic carbocycles. The van der Waals surface area contributed by atoms with Gasteiger partial charge in [0.05, 0.1) is 5.56 Å². The minimum Gasteiger partial charge on any atom is -0.315 e. The Morgan fingerprint density at radius 1 is 1.35 bits per heavy atom. The molecule has 0 spiro atoms. The molecule has 0 saturated heterocycles. The molecule has 17 heavy (non-hydrogen) atoms. The first kappa shape index (κ1) is 13.6. The van der Waals surface area contributed by atoms with Gasteiger partial charge in [-0.3, -0.25) is 9.59 Å². The summed E-state index contributed by atoms with van der Waals surface area (Å²) in [5, 5.41) is 0. The summed E-state index contributed by atoms with van der Waals surface area (Å²) in [5.41, 5.74) is 0.0392. The van der Waals surface area contributed by atoms with E-state index in [1.54, 1.807) is 22.9 Å². The molecule has 0 aliphatic carbocycles. The molecule has 0 amide bonds. The van der Waals surface area contributed by atoms with E-state index in [0.29, 0.717) is 12.8 Å². The Labute approximate surface area is 102 Å². The topological polar surface area (TPSA) is 42.3 Å². The summed E-state index contributed by atoms with van der Waals surface area (Å²) in [6.07, 6.45) is 3.27. The monoisotopic (exact) mass is 236 g/mol. The molecule has 0 aliphatic rings. The summed E-state index contributed by atoms with van der Waals surface area (Å²) in [6.45, 7) is 7.95. The summed E-state index contributed by atoms with van der Waals surface area (Å²) in [4.78, 5) is 24.7. The Morgan fingerprint density at radius 3 is 2.65 bits per heavy atom. The van der Waals surface area contributed by atoms with Gasteiger partial charge in [-0.2, -0.15) is 0 Å². The normalized spacial score (nSPS) is 10.8. The molecule has 0 unspecified atom stereocenters. The molecule has 0 aliphatic heterocycles. The summed E-state index contributed by atoms with van der Waals surface area (Å²) in [7, 11) is 0. The number of aldehydes is 1. The molecular formula is C13H20N2O2. The van der Waals surface area contributed by atoms with Crippen LogP contribution in [-0.4, -0.2) is 35.4 Å². The number of carbonyl (C=O) groups is 1. The fraction of sp³-hybridized carbons (Fsp3) is 0.538. The van der Waals surface area contributed by atoms with E-state index >= 15 is 0 Å². The highest BCUT2D eigenvalue weighted by Gasteiger charge is 2.03. The molecule has 0 fully saturated rings. The Kier molecular flexibility index (Phi) is 5.63. The number of hydrogen-bond acceptors (Lipinski definition) is 3. The van der Waals surface area contributed by atoms with E-state index in [1.165, 1.54) is 0 Å². The Balaban J connectivity index is 2.58. The second-order valence-electron chi connectivity index (χ2n) is 3.96. The summed E-state index contributed by atoms with van der Waals surface area (Å²) >= 11 is 0. The Bertz CT molecular complexity index is 408. The number of pyridine rings is 1. The second kappa shape index (κ2) is 7.01. The molecule has 0 radical (unpaired) electrons. The van der Waals surface area contributed by atoms with Crippen LogP contribution in [0.5, 0.6) is 0 Å². The van der Waals surface area contributed by atoms with Gasteiger partial charge in [0, 0.05) is 12.7 Å². The van der Waals surface area contributed by atoms with Crippen molar-refractivity contribution in [3.63, 3.8) is 0 Å². The lowest BCUT2D eigenvalue weighted by Crippen LogP contribution is -2.27. The van der Waals surface area contributed by atoms with Gasteiger partial charge >= 0.3 is 0 Å². The zero-order valence-electron chi connectivity index (χ0n) is 10.6. The summed E-state index contributed by atoms with van der Waals surface area (Å²) in [6, 6.07) is 3.29. The molecule has 0 N–H and O–H groups in total. The van der Waals surface area contributed by atoms with Gasteiger partial charge in [-0.05, 0) is 38.2 Å². The van der Waals surface area contributed by atoms with Gasteiger partial charge in [0.1, 0.15) is 0 Å². The molecule has 1 aromatic heterocycles. The van der Waals surface area contributed by atoms with Gasteiger partial charge in [-0.25, -0.2) is 0 Å². The van der Waals surface area contributed by atoms with Crippen LogP contribution < -0.4 is 5.56 Å². The molecule has 0 bridgehead atoms. The fourth-order valence-corrected chi connectivity index (χ4v) is 1.83. The van der Waals surface area contributed by atoms with Crippen molar-refractivity contribution in [3.05, 3.63) is 34.2 Å². The molecule has 1 heterocycles. The molecular weight excluding hydrogens is 216 g/mol. The standard InChI is InChI=1S/C13H20N2O2/c1-3-14(4-2)8-6-10-15-9-5-7-12(11-16)13(15)17/h5,7,9,11H,3-4,6,8,10H2,1-2H3. The van der Waals surface area contributed by atoms with Crippen molar-refractivity contribution in [1.82, 2.24) is 9.47 Å². The van der Waals surface area contributed by atoms with Crippen LogP contribution in [0, 0.1) is 0 Å². The first-order valence-electron chi connectivity index (χ1n) is 6.09. The van der Waals surface area contributed by atoms with E-state index in [1.807, 2.05) is 0 Å². The predicted octanol–water partition coefficient (Wildman–Crippen LogP) is 1.39. The van der Waals surface area contributed by atoms with E-state index < -0.39 is 0 Å². The zero-order chi connectivity index (χ0) is 12.7. The highest BCUT2D eigenvalue weighted by atomic mass is 16.1. The minimum atomic E-state index is -0.193. The lowest BCUT2D eigenvalue weighted by atomic mass is 10.3. The highest BCUT2D eigenvalue weighted by Crippen LogP contribution is 1.95. The number of hydrogen-bond donors (Lipinski definition) is 0. The van der Waals surface area contributed by atoms with E-state index in [2.05, 4.69) is 18.7 Å². The minimum absolute atomic E-state index is 0.193. The van der Waals surface area contributed by atoms with Crippen LogP contribution in [0.2, 0.25) is 0 Å². The molecule has 4 heteroatoms. The largest absolute Gasteiger partial charge is 0.315 e. The predicted molar refractivity (Wildman–Crippen MR) is 68.5 cm³/mol. The molecule has 1 aromatic rings. The van der Waals surface area contributed by atoms with Crippen LogP contribution in [0.1, 0.15) is 30.6 Å². The van der Waals surface area contributed by atoms with E-state index in [0.717, 1.165) is 26.1 Å². The maximum absolute atomic E-state index is 11.7. The first-order chi connectivity index (χ1) is 8.22. The highest BCUT2D eigenvalue weighted by molar-refractivity contribution is 5.73. The quantitative estimate of drug-likeness (QED) is 0.672. The molecule has 1 rings (SSSR count). The van der Waals surface area contributed by atoms with Gasteiger partial charge in [0.15, 0.2) is 6.29 Å². The third-order valence-corrected chi connectivity index (χ3v) is 2.94. The van der Waals surface area contributed by atoms with Gasteiger partial charge in [0.25, 0.3) is 5.56 Å². The number of aryl methyl sites for hydroxylation is 1. The van der Waals surface area contributed by atoms with Gasteiger partial charge in [0.2, 0.25) is 0 Å². The molecule has 0 saturated carbocycles. The van der Waals surface area contributed by atoms with Crippen molar-refractivity contribution >= 4 is 6.29 Å². The number of aromatic nitrogens is 1. The average Bonchev–Trinajstić information content (AvgIpc) is 2.36. The molecule has 4 nitrogen and oxygen atoms in total. The Hall–Kier alpha value is -1.42. The van der Waals surface area contributed by atoms with Gasteiger partial charge < -0.3 is 9.47 Å². The molecule has 0 atom stereocenters. The lowest BCUT2D eigenvalue weighted by molar-refractivity contribution is 0.112. The maximum atomic E-state index is 11.7. The van der Waals surface area contributed by atoms with Crippen molar-refractivity contribution in [2.75, 3.05) is 19.6 Å². The first-order valence-corrected chi connectivity index (χ1v) is 6.09. The lowest BCUT2D eigenvalue weighted by Gasteiger charge is -2.17. The second-order valence-corrected chi connectivity index (χ2v) is 3.96. The van der Waals surface area contributed by atoms with Crippen LogP contribution in [-0.2, 0) is 6.54 Å². The summed E-state index contributed by atoms with van der Waals surface area (Å²) in [5.74, 6) is 0. The SMILES string of the molecule is CCN(CC)CCCn1cccc(C=O)c1=O. The van der Waals surface area contributed by atoms with Gasteiger partial charge in [-0.15, -0.1) is 0 Å². The summed E-state index contributed by atoms with van der Waals surface area (Å²) < 4.78 is 1.60. The van der Waals surface area contributed by atoms with Crippen LogP contribution >= 0.6 is 0 Å². The molecule has 94 valence electrons. The smallest absolute Gasteiger partial charge is 0.261 e. The Morgan fingerprint density at radius 2 is 2.06 bits per heavy atom. The zero-order valence-corrected chi connectivity index (χ0v) is 10.6. The third-order valence-electron chi connectivity index (χ3n) is 2.94. The average molecular weight is 236 g/mol. The van der Waals surface area contributed by atoms with E-state index in [-0.39, 0.29) is 11.1 Å². The van der Waals surface area contributed by atoms with Crippen LogP contribution in [0.25, 0.3) is 0 Å². The van der Waals surface area contributed by atoms with Crippen LogP contribution in [0.3, 0.4) is 0 Å². The van der Waals surface area contributed by atoms with Gasteiger partial charge in [-0.1, -0.05) is 13.8 Å². The maximum Gasteiger partial charge on any atom is 0.261 e. The van der Waals surface area contributed by atoms with Crippen molar-refractivity contribution < 1.29 is 4.79 Å². The van der Waals surface area contributed by atoms with Crippen LogP contribution in [0.4, 0.5) is 0 Å². The van der Waals surface area contributed by atoms with Crippen molar-refractivity contribution in [1.29, 1.82) is 0 Å². The van der Waals surface area contributed by atoms with Crippen molar-refractivity contribution in [3.8, 4) is 0 Å². The number of nitrogens with zero attached hydrogens (tertiary/aromatic N) is 2. The fourth-order valence-electron chi connectivity index (χ4n) is 1.83. The van der Waals surface area contributed by atoms with Crippen molar-refractivity contribution in [2.24, 2.45) is 0 Å². The van der Waals surface area contributed by atoms with Crippen LogP contribution in [0.15, 0.2) is 23.1 Å². The number of carbonyl (C=O) groups excluding carboxylic acids is 1. The van der Waals surface area contributed by atoms with E-state index in [9.17, 15) is 9.59 Å². The number of rotatable bonds is 7. The van der Waals surface area contributed by atoms with Crippen molar-refractivity contribution in [2.45, 2.75) is 26.8 Å².